The summed E-state index contributed by atoms with van der Waals surface area (Å²) in [6.07, 6.45) is 0. The standard InChI is InChI=1S/C21H27N3O4/c1-21(2,3)24-20(26)14-6-8-15(9-7-14)23-19(25)13-22-17-12-16(27-4)10-11-18(17)28-5/h6-12,22H,13H2,1-5H3,(H,23,25)(H,24,26). The minimum absolute atomic E-state index is 0.0514. The van der Waals surface area contributed by atoms with Crippen LogP contribution in [-0.4, -0.2) is 38.1 Å². The highest BCUT2D eigenvalue weighted by atomic mass is 16.5. The molecule has 0 saturated heterocycles. The Morgan fingerprint density at radius 1 is 0.964 bits per heavy atom. The molecular weight excluding hydrogens is 358 g/mol. The Hall–Kier alpha value is -3.22. The maximum atomic E-state index is 12.2. The average molecular weight is 385 g/mol. The summed E-state index contributed by atoms with van der Waals surface area (Å²) < 4.78 is 10.5. The first-order chi connectivity index (χ1) is 13.2. The first kappa shape index (κ1) is 21.1. The Labute approximate surface area is 165 Å². The van der Waals surface area contributed by atoms with Gasteiger partial charge < -0.3 is 25.4 Å². The van der Waals surface area contributed by atoms with E-state index in [1.165, 1.54) is 0 Å². The van der Waals surface area contributed by atoms with Gasteiger partial charge in [-0.1, -0.05) is 0 Å². The van der Waals surface area contributed by atoms with Crippen molar-refractivity contribution in [3.63, 3.8) is 0 Å². The van der Waals surface area contributed by atoms with Gasteiger partial charge in [-0.05, 0) is 57.2 Å². The summed E-state index contributed by atoms with van der Waals surface area (Å²) in [5.74, 6) is 0.893. The van der Waals surface area contributed by atoms with Gasteiger partial charge in [-0.2, -0.15) is 0 Å². The van der Waals surface area contributed by atoms with Crippen LogP contribution in [0, 0.1) is 0 Å². The molecule has 0 unspecified atom stereocenters. The molecular formula is C21H27N3O4. The molecule has 0 atom stereocenters. The van der Waals surface area contributed by atoms with E-state index in [0.29, 0.717) is 28.4 Å². The largest absolute Gasteiger partial charge is 0.497 e. The minimum atomic E-state index is -0.309. The van der Waals surface area contributed by atoms with Crippen molar-refractivity contribution in [1.29, 1.82) is 0 Å². The fraction of sp³-hybridized carbons (Fsp3) is 0.333. The van der Waals surface area contributed by atoms with Gasteiger partial charge in [0.25, 0.3) is 5.91 Å². The number of anilines is 2. The SMILES string of the molecule is COc1ccc(OC)c(NCC(=O)Nc2ccc(C(=O)NC(C)(C)C)cc2)c1. The first-order valence-corrected chi connectivity index (χ1v) is 8.90. The van der Waals surface area contributed by atoms with Crippen LogP contribution in [0.25, 0.3) is 0 Å². The molecule has 0 heterocycles. The predicted molar refractivity (Wildman–Crippen MR) is 110 cm³/mol. The van der Waals surface area contributed by atoms with E-state index >= 15 is 0 Å². The van der Waals surface area contributed by atoms with Gasteiger partial charge in [0.1, 0.15) is 11.5 Å². The van der Waals surface area contributed by atoms with Crippen molar-refractivity contribution in [3.8, 4) is 11.5 Å². The Kier molecular flexibility index (Phi) is 6.87. The van der Waals surface area contributed by atoms with Crippen LogP contribution in [0.1, 0.15) is 31.1 Å². The van der Waals surface area contributed by atoms with Crippen LogP contribution in [0.3, 0.4) is 0 Å². The van der Waals surface area contributed by atoms with Crippen molar-refractivity contribution in [2.75, 3.05) is 31.4 Å². The van der Waals surface area contributed by atoms with Crippen LogP contribution in [-0.2, 0) is 4.79 Å². The molecule has 2 amide bonds. The highest BCUT2D eigenvalue weighted by molar-refractivity contribution is 5.97. The summed E-state index contributed by atoms with van der Waals surface area (Å²) in [6, 6.07) is 12.0. The van der Waals surface area contributed by atoms with Gasteiger partial charge in [0.05, 0.1) is 26.5 Å². The molecule has 0 aromatic heterocycles. The summed E-state index contributed by atoms with van der Waals surface area (Å²) >= 11 is 0. The second-order valence-electron chi connectivity index (χ2n) is 7.25. The van der Waals surface area contributed by atoms with E-state index in [9.17, 15) is 9.59 Å². The van der Waals surface area contributed by atoms with E-state index in [2.05, 4.69) is 16.0 Å². The highest BCUT2D eigenvalue weighted by Crippen LogP contribution is 2.28. The number of benzene rings is 2. The maximum absolute atomic E-state index is 12.2. The highest BCUT2D eigenvalue weighted by Gasteiger charge is 2.15. The molecule has 0 bridgehead atoms. The normalized spacial score (nSPS) is 10.8. The Bertz CT molecular complexity index is 827. The second kappa shape index (κ2) is 9.12. The molecule has 0 radical (unpaired) electrons. The predicted octanol–water partition coefficient (Wildman–Crippen LogP) is 3.28. The molecule has 2 aromatic rings. The zero-order valence-electron chi connectivity index (χ0n) is 16.9. The zero-order chi connectivity index (χ0) is 20.7. The topological polar surface area (TPSA) is 88.7 Å². The van der Waals surface area contributed by atoms with Gasteiger partial charge >= 0.3 is 0 Å². The molecule has 0 fully saturated rings. The van der Waals surface area contributed by atoms with E-state index < -0.39 is 0 Å². The summed E-state index contributed by atoms with van der Waals surface area (Å²) in [4.78, 5) is 24.4. The van der Waals surface area contributed by atoms with Gasteiger partial charge in [-0.15, -0.1) is 0 Å². The monoisotopic (exact) mass is 385 g/mol. The molecule has 7 heteroatoms. The first-order valence-electron chi connectivity index (χ1n) is 8.90. The van der Waals surface area contributed by atoms with Crippen LogP contribution in [0.15, 0.2) is 42.5 Å². The number of hydrogen-bond donors (Lipinski definition) is 3. The quantitative estimate of drug-likeness (QED) is 0.681. The van der Waals surface area contributed by atoms with E-state index in [1.54, 1.807) is 56.7 Å². The number of rotatable bonds is 7. The molecule has 0 aliphatic rings. The Morgan fingerprint density at radius 2 is 1.64 bits per heavy atom. The third-order valence-electron chi connectivity index (χ3n) is 3.77. The molecule has 0 saturated carbocycles. The van der Waals surface area contributed by atoms with Crippen LogP contribution < -0.4 is 25.4 Å². The van der Waals surface area contributed by atoms with Crippen molar-refractivity contribution < 1.29 is 19.1 Å². The van der Waals surface area contributed by atoms with Crippen LogP contribution in [0.2, 0.25) is 0 Å². The molecule has 3 N–H and O–H groups in total. The second-order valence-corrected chi connectivity index (χ2v) is 7.25. The summed E-state index contributed by atoms with van der Waals surface area (Å²) in [5.41, 5.74) is 1.49. The van der Waals surface area contributed by atoms with Crippen molar-refractivity contribution in [1.82, 2.24) is 5.32 Å². The Morgan fingerprint density at radius 3 is 2.21 bits per heavy atom. The van der Waals surface area contributed by atoms with Crippen molar-refractivity contribution in [2.24, 2.45) is 0 Å². The van der Waals surface area contributed by atoms with Gasteiger partial charge in [0.15, 0.2) is 0 Å². The zero-order valence-corrected chi connectivity index (χ0v) is 16.9. The molecule has 150 valence electrons. The lowest BCUT2D eigenvalue weighted by Gasteiger charge is -2.20. The van der Waals surface area contributed by atoms with E-state index in [-0.39, 0.29) is 23.9 Å². The average Bonchev–Trinajstić information content (AvgIpc) is 2.65. The van der Waals surface area contributed by atoms with E-state index in [0.717, 1.165) is 0 Å². The van der Waals surface area contributed by atoms with E-state index in [4.69, 9.17) is 9.47 Å². The molecule has 0 aliphatic heterocycles. The van der Waals surface area contributed by atoms with Gasteiger partial charge in [-0.25, -0.2) is 0 Å². The molecule has 28 heavy (non-hydrogen) atoms. The number of nitrogens with one attached hydrogen (secondary N) is 3. The maximum Gasteiger partial charge on any atom is 0.251 e. The third-order valence-corrected chi connectivity index (χ3v) is 3.77. The van der Waals surface area contributed by atoms with Crippen LogP contribution >= 0.6 is 0 Å². The fourth-order valence-corrected chi connectivity index (χ4v) is 2.45. The summed E-state index contributed by atoms with van der Waals surface area (Å²) in [6.45, 7) is 5.81. The summed E-state index contributed by atoms with van der Waals surface area (Å²) in [5, 5.41) is 8.72. The fourth-order valence-electron chi connectivity index (χ4n) is 2.45. The van der Waals surface area contributed by atoms with Gasteiger partial charge in [0.2, 0.25) is 5.91 Å². The van der Waals surface area contributed by atoms with E-state index in [1.807, 2.05) is 20.8 Å². The summed E-state index contributed by atoms with van der Waals surface area (Å²) in [7, 11) is 3.13. The molecule has 2 rings (SSSR count). The third kappa shape index (κ3) is 6.19. The van der Waals surface area contributed by atoms with Crippen molar-refractivity contribution >= 4 is 23.2 Å². The lowest BCUT2D eigenvalue weighted by molar-refractivity contribution is -0.114. The number of hydrogen-bond acceptors (Lipinski definition) is 5. The number of amides is 2. The minimum Gasteiger partial charge on any atom is -0.497 e. The number of methoxy groups -OCH3 is 2. The number of carbonyl (C=O) groups is 2. The smallest absolute Gasteiger partial charge is 0.251 e. The lowest BCUT2D eigenvalue weighted by atomic mass is 10.1. The van der Waals surface area contributed by atoms with Crippen LogP contribution in [0.5, 0.6) is 11.5 Å². The van der Waals surface area contributed by atoms with Crippen molar-refractivity contribution in [2.45, 2.75) is 26.3 Å². The van der Waals surface area contributed by atoms with Crippen molar-refractivity contribution in [3.05, 3.63) is 48.0 Å². The number of ether oxygens (including phenoxy) is 2. The van der Waals surface area contributed by atoms with Gasteiger partial charge in [-0.3, -0.25) is 9.59 Å². The lowest BCUT2D eigenvalue weighted by Crippen LogP contribution is -2.40. The molecule has 2 aromatic carbocycles. The Balaban J connectivity index is 1.94. The molecule has 0 spiro atoms. The number of carbonyl (C=O) groups excluding carboxylic acids is 2. The van der Waals surface area contributed by atoms with Crippen LogP contribution in [0.4, 0.5) is 11.4 Å². The molecule has 0 aliphatic carbocycles. The molecule has 7 nitrogen and oxygen atoms in total. The van der Waals surface area contributed by atoms with Gasteiger partial charge in [0, 0.05) is 22.9 Å².